The van der Waals surface area contributed by atoms with Crippen molar-refractivity contribution in [2.45, 2.75) is 32.4 Å². The smallest absolute Gasteiger partial charge is 0.282 e. The first-order valence-electron chi connectivity index (χ1n) is 8.25. The average molecular weight is 396 g/mol. The molecule has 1 aromatic carbocycles. The van der Waals surface area contributed by atoms with Crippen molar-refractivity contribution in [2.75, 3.05) is 5.32 Å². The zero-order chi connectivity index (χ0) is 20.3. The lowest BCUT2D eigenvalue weighted by Gasteiger charge is -2.14. The molecule has 7 nitrogen and oxygen atoms in total. The number of rotatable bonds is 7. The van der Waals surface area contributed by atoms with Gasteiger partial charge < -0.3 is 0 Å². The standard InChI is InChI=1S/C17H16F4N6O/c1-10(27-13(15(20)21)7-12(24-27)14(18)19)16(28)23-17-22-9-26(25-17)8-11-5-3-2-4-6-11/h2-7,9-10,14-15H,8H2,1H3,(H,23,25,28). The Morgan fingerprint density at radius 2 is 1.82 bits per heavy atom. The Bertz CT molecular complexity index is 940. The van der Waals surface area contributed by atoms with Crippen LogP contribution in [0.25, 0.3) is 0 Å². The molecular formula is C17H16F4N6O. The number of amides is 1. The molecule has 0 spiro atoms. The zero-order valence-electron chi connectivity index (χ0n) is 14.6. The minimum absolute atomic E-state index is 0.0346. The number of nitrogens with one attached hydrogen (secondary N) is 1. The molecule has 0 fully saturated rings. The number of alkyl halides is 4. The maximum Gasteiger partial charge on any atom is 0.282 e. The Morgan fingerprint density at radius 1 is 1.11 bits per heavy atom. The lowest BCUT2D eigenvalue weighted by Crippen LogP contribution is -2.26. The summed E-state index contributed by atoms with van der Waals surface area (Å²) in [6, 6.07) is 8.73. The van der Waals surface area contributed by atoms with Gasteiger partial charge in [-0.25, -0.2) is 27.2 Å². The maximum absolute atomic E-state index is 13.1. The van der Waals surface area contributed by atoms with E-state index in [2.05, 4.69) is 20.5 Å². The summed E-state index contributed by atoms with van der Waals surface area (Å²) in [5, 5.41) is 9.90. The van der Waals surface area contributed by atoms with E-state index in [9.17, 15) is 22.4 Å². The van der Waals surface area contributed by atoms with Crippen molar-refractivity contribution in [3.8, 4) is 0 Å². The summed E-state index contributed by atoms with van der Waals surface area (Å²) in [6.07, 6.45) is -4.68. The van der Waals surface area contributed by atoms with Crippen molar-refractivity contribution in [3.63, 3.8) is 0 Å². The van der Waals surface area contributed by atoms with Gasteiger partial charge in [0.1, 0.15) is 23.8 Å². The molecule has 0 aliphatic carbocycles. The van der Waals surface area contributed by atoms with E-state index in [1.165, 1.54) is 17.9 Å². The Balaban J connectivity index is 1.71. The Labute approximate surface area is 157 Å². The molecule has 148 valence electrons. The van der Waals surface area contributed by atoms with Gasteiger partial charge in [0.25, 0.3) is 18.8 Å². The molecule has 0 radical (unpaired) electrons. The maximum atomic E-state index is 13.1. The van der Waals surface area contributed by atoms with E-state index in [-0.39, 0.29) is 5.95 Å². The molecule has 1 unspecified atom stereocenters. The number of hydrogen-bond acceptors (Lipinski definition) is 4. The third-order valence-electron chi connectivity index (χ3n) is 3.94. The fourth-order valence-corrected chi connectivity index (χ4v) is 2.53. The van der Waals surface area contributed by atoms with E-state index in [1.54, 1.807) is 0 Å². The zero-order valence-corrected chi connectivity index (χ0v) is 14.6. The van der Waals surface area contributed by atoms with Crippen LogP contribution in [0, 0.1) is 0 Å². The first-order chi connectivity index (χ1) is 13.3. The van der Waals surface area contributed by atoms with Crippen molar-refractivity contribution in [3.05, 3.63) is 59.7 Å². The molecule has 1 N–H and O–H groups in total. The summed E-state index contributed by atoms with van der Waals surface area (Å²) in [7, 11) is 0. The van der Waals surface area contributed by atoms with E-state index in [1.807, 2.05) is 30.3 Å². The summed E-state index contributed by atoms with van der Waals surface area (Å²) < 4.78 is 53.8. The second-order valence-electron chi connectivity index (χ2n) is 5.96. The number of carbonyl (C=O) groups excluding carboxylic acids is 1. The predicted molar refractivity (Wildman–Crippen MR) is 91.0 cm³/mol. The van der Waals surface area contributed by atoms with Gasteiger partial charge >= 0.3 is 0 Å². The third kappa shape index (κ3) is 4.35. The van der Waals surface area contributed by atoms with Crippen molar-refractivity contribution in [2.24, 2.45) is 0 Å². The van der Waals surface area contributed by atoms with Crippen LogP contribution in [0.1, 0.15) is 42.8 Å². The highest BCUT2D eigenvalue weighted by Crippen LogP contribution is 2.27. The number of halogens is 4. The van der Waals surface area contributed by atoms with Crippen molar-refractivity contribution in [1.82, 2.24) is 24.5 Å². The normalized spacial score (nSPS) is 12.5. The van der Waals surface area contributed by atoms with Crippen LogP contribution < -0.4 is 5.32 Å². The molecule has 3 rings (SSSR count). The number of anilines is 1. The number of hydrogen-bond donors (Lipinski definition) is 1. The molecule has 3 aromatic rings. The van der Waals surface area contributed by atoms with Crippen LogP contribution in [0.5, 0.6) is 0 Å². The molecule has 0 saturated heterocycles. The molecular weight excluding hydrogens is 380 g/mol. The highest BCUT2D eigenvalue weighted by molar-refractivity contribution is 5.91. The fourth-order valence-electron chi connectivity index (χ4n) is 2.53. The third-order valence-corrected chi connectivity index (χ3v) is 3.94. The lowest BCUT2D eigenvalue weighted by molar-refractivity contribution is -0.119. The number of benzene rings is 1. The minimum atomic E-state index is -3.06. The molecule has 0 bridgehead atoms. The molecule has 0 saturated carbocycles. The highest BCUT2D eigenvalue weighted by Gasteiger charge is 2.27. The number of aromatic nitrogens is 5. The van der Waals surface area contributed by atoms with Crippen LogP contribution in [-0.2, 0) is 11.3 Å². The van der Waals surface area contributed by atoms with Crippen molar-refractivity contribution in [1.29, 1.82) is 0 Å². The minimum Gasteiger partial charge on any atom is -0.291 e. The second-order valence-corrected chi connectivity index (χ2v) is 5.96. The van der Waals surface area contributed by atoms with Gasteiger partial charge in [-0.3, -0.25) is 14.8 Å². The molecule has 2 aromatic heterocycles. The molecule has 1 atom stereocenters. The van der Waals surface area contributed by atoms with Gasteiger partial charge in [0.2, 0.25) is 5.95 Å². The molecule has 2 heterocycles. The number of nitrogens with zero attached hydrogens (tertiary/aromatic N) is 5. The van der Waals surface area contributed by atoms with Crippen LogP contribution in [0.3, 0.4) is 0 Å². The summed E-state index contributed by atoms with van der Waals surface area (Å²) in [5.41, 5.74) is -0.614. The predicted octanol–water partition coefficient (Wildman–Crippen LogP) is 3.60. The van der Waals surface area contributed by atoms with Gasteiger partial charge in [-0.05, 0) is 18.6 Å². The summed E-state index contributed by atoms with van der Waals surface area (Å²) in [5.74, 6) is -0.795. The van der Waals surface area contributed by atoms with E-state index in [4.69, 9.17) is 0 Å². The Kier molecular flexibility index (Phi) is 5.71. The monoisotopic (exact) mass is 396 g/mol. The van der Waals surface area contributed by atoms with Gasteiger partial charge in [-0.15, -0.1) is 5.10 Å². The summed E-state index contributed by atoms with van der Waals surface area (Å²) >= 11 is 0. The van der Waals surface area contributed by atoms with Crippen LogP contribution in [0.4, 0.5) is 23.5 Å². The summed E-state index contributed by atoms with van der Waals surface area (Å²) in [6.45, 7) is 1.69. The Morgan fingerprint density at radius 3 is 2.46 bits per heavy atom. The average Bonchev–Trinajstić information content (AvgIpc) is 3.29. The largest absolute Gasteiger partial charge is 0.291 e. The highest BCUT2D eigenvalue weighted by atomic mass is 19.3. The lowest BCUT2D eigenvalue weighted by atomic mass is 10.2. The van der Waals surface area contributed by atoms with E-state index in [0.717, 1.165) is 5.56 Å². The van der Waals surface area contributed by atoms with Crippen molar-refractivity contribution >= 4 is 11.9 Å². The van der Waals surface area contributed by atoms with E-state index in [0.29, 0.717) is 17.3 Å². The fraction of sp³-hybridized carbons (Fsp3) is 0.294. The molecule has 0 aliphatic heterocycles. The Hall–Kier alpha value is -3.24. The van der Waals surface area contributed by atoms with Gasteiger partial charge in [-0.2, -0.15) is 5.10 Å². The second kappa shape index (κ2) is 8.19. The van der Waals surface area contributed by atoms with Crippen LogP contribution in [0.15, 0.2) is 42.7 Å². The first kappa shape index (κ1) is 19.5. The summed E-state index contributed by atoms with van der Waals surface area (Å²) in [4.78, 5) is 16.3. The molecule has 0 aliphatic rings. The van der Waals surface area contributed by atoms with Crippen LogP contribution in [-0.4, -0.2) is 30.5 Å². The van der Waals surface area contributed by atoms with Crippen LogP contribution in [0.2, 0.25) is 0 Å². The molecule has 1 amide bonds. The van der Waals surface area contributed by atoms with E-state index < -0.39 is 36.2 Å². The SMILES string of the molecule is CC(C(=O)Nc1ncn(Cc2ccccc2)n1)n1nc(C(F)F)cc1C(F)F. The first-order valence-corrected chi connectivity index (χ1v) is 8.25. The van der Waals surface area contributed by atoms with Gasteiger partial charge in [0, 0.05) is 0 Å². The molecule has 11 heteroatoms. The topological polar surface area (TPSA) is 77.6 Å². The van der Waals surface area contributed by atoms with Crippen LogP contribution >= 0.6 is 0 Å². The van der Waals surface area contributed by atoms with Gasteiger partial charge in [0.05, 0.1) is 6.54 Å². The van der Waals surface area contributed by atoms with Gasteiger partial charge in [0.15, 0.2) is 0 Å². The van der Waals surface area contributed by atoms with Crippen molar-refractivity contribution < 1.29 is 22.4 Å². The quantitative estimate of drug-likeness (QED) is 0.619. The van der Waals surface area contributed by atoms with Gasteiger partial charge in [-0.1, -0.05) is 30.3 Å². The number of carbonyl (C=O) groups is 1. The molecule has 28 heavy (non-hydrogen) atoms. The van der Waals surface area contributed by atoms with E-state index >= 15 is 0 Å².